The Balaban J connectivity index is 1.80. The van der Waals surface area contributed by atoms with Crippen molar-refractivity contribution < 1.29 is 0 Å². The topological polar surface area (TPSA) is 15.3 Å². The lowest BCUT2D eigenvalue weighted by molar-refractivity contribution is 0.277. The summed E-state index contributed by atoms with van der Waals surface area (Å²) in [5.74, 6) is 0. The molecule has 1 heterocycles. The van der Waals surface area contributed by atoms with Crippen molar-refractivity contribution in [1.82, 2.24) is 10.2 Å². The summed E-state index contributed by atoms with van der Waals surface area (Å²) in [7, 11) is 0. The van der Waals surface area contributed by atoms with Crippen LogP contribution in [0.15, 0.2) is 24.3 Å². The zero-order valence-corrected chi connectivity index (χ0v) is 12.3. The van der Waals surface area contributed by atoms with Crippen molar-refractivity contribution in [3.8, 4) is 0 Å². The zero-order chi connectivity index (χ0) is 13.3. The van der Waals surface area contributed by atoms with E-state index in [0.29, 0.717) is 0 Å². The second kappa shape index (κ2) is 8.34. The zero-order valence-electron chi connectivity index (χ0n) is 12.3. The Kier molecular flexibility index (Phi) is 6.38. The Hall–Kier alpha value is -0.860. The second-order valence-corrected chi connectivity index (χ2v) is 5.68. The van der Waals surface area contributed by atoms with Gasteiger partial charge >= 0.3 is 0 Å². The van der Waals surface area contributed by atoms with Crippen molar-refractivity contribution in [2.45, 2.75) is 52.1 Å². The molecule has 2 heteroatoms. The molecule has 0 radical (unpaired) electrons. The highest BCUT2D eigenvalue weighted by molar-refractivity contribution is 5.22. The van der Waals surface area contributed by atoms with Gasteiger partial charge in [-0.2, -0.15) is 0 Å². The predicted octanol–water partition coefficient (Wildman–Crippen LogP) is 3.56. The summed E-state index contributed by atoms with van der Waals surface area (Å²) in [5.41, 5.74) is 2.86. The van der Waals surface area contributed by atoms with Gasteiger partial charge in [0.15, 0.2) is 0 Å². The third-order valence-electron chi connectivity index (χ3n) is 3.88. The maximum Gasteiger partial charge on any atom is 0.0233 e. The van der Waals surface area contributed by atoms with E-state index in [2.05, 4.69) is 41.4 Å². The van der Waals surface area contributed by atoms with Gasteiger partial charge in [-0.3, -0.25) is 4.90 Å². The van der Waals surface area contributed by atoms with Gasteiger partial charge in [0.1, 0.15) is 0 Å². The quantitative estimate of drug-likeness (QED) is 0.787. The average Bonchev–Trinajstić information content (AvgIpc) is 2.70. The summed E-state index contributed by atoms with van der Waals surface area (Å²) in [5, 5.41) is 3.45. The number of rotatable bonds is 6. The molecule has 1 aromatic carbocycles. The van der Waals surface area contributed by atoms with Crippen LogP contribution >= 0.6 is 0 Å². The first kappa shape index (κ1) is 14.5. The molecule has 1 aromatic rings. The van der Waals surface area contributed by atoms with Crippen LogP contribution in [0.4, 0.5) is 0 Å². The second-order valence-electron chi connectivity index (χ2n) is 5.68. The van der Waals surface area contributed by atoms with Crippen molar-refractivity contribution in [1.29, 1.82) is 0 Å². The fourth-order valence-electron chi connectivity index (χ4n) is 2.72. The maximum atomic E-state index is 3.45. The van der Waals surface area contributed by atoms with Gasteiger partial charge in [0, 0.05) is 13.1 Å². The summed E-state index contributed by atoms with van der Waals surface area (Å²) in [6.45, 7) is 7.99. The SMILES string of the molecule is CCCNCc1ccc(CN2CCCCCC2)cc1. The fourth-order valence-corrected chi connectivity index (χ4v) is 2.72. The number of hydrogen-bond donors (Lipinski definition) is 1. The Bertz CT molecular complexity index is 337. The Morgan fingerprint density at radius 1 is 0.947 bits per heavy atom. The van der Waals surface area contributed by atoms with Gasteiger partial charge in [-0.05, 0) is 50.0 Å². The molecule has 0 aromatic heterocycles. The van der Waals surface area contributed by atoms with Gasteiger partial charge in [-0.1, -0.05) is 44.0 Å². The first-order valence-corrected chi connectivity index (χ1v) is 7.89. The van der Waals surface area contributed by atoms with Crippen molar-refractivity contribution in [3.05, 3.63) is 35.4 Å². The molecule has 0 bridgehead atoms. The van der Waals surface area contributed by atoms with E-state index in [0.717, 1.165) is 19.6 Å². The molecule has 0 saturated carbocycles. The van der Waals surface area contributed by atoms with Crippen molar-refractivity contribution in [3.63, 3.8) is 0 Å². The van der Waals surface area contributed by atoms with Crippen molar-refractivity contribution in [2.24, 2.45) is 0 Å². The third-order valence-corrected chi connectivity index (χ3v) is 3.88. The first-order chi connectivity index (χ1) is 9.38. The van der Waals surface area contributed by atoms with Crippen LogP contribution in [0.25, 0.3) is 0 Å². The standard InChI is InChI=1S/C17H28N2/c1-2-11-18-14-16-7-9-17(10-8-16)15-19-12-5-3-4-6-13-19/h7-10,18H,2-6,11-15H2,1H3. The number of likely N-dealkylation sites (tertiary alicyclic amines) is 1. The lowest BCUT2D eigenvalue weighted by Gasteiger charge is -2.19. The van der Waals surface area contributed by atoms with Crippen LogP contribution in [0, 0.1) is 0 Å². The van der Waals surface area contributed by atoms with Crippen LogP contribution in [-0.2, 0) is 13.1 Å². The van der Waals surface area contributed by atoms with Gasteiger partial charge in [0.2, 0.25) is 0 Å². The van der Waals surface area contributed by atoms with Crippen molar-refractivity contribution in [2.75, 3.05) is 19.6 Å². The number of nitrogens with zero attached hydrogens (tertiary/aromatic N) is 1. The van der Waals surface area contributed by atoms with E-state index in [-0.39, 0.29) is 0 Å². The molecule has 1 aliphatic heterocycles. The number of benzene rings is 1. The first-order valence-electron chi connectivity index (χ1n) is 7.89. The van der Waals surface area contributed by atoms with Crippen LogP contribution in [0.1, 0.15) is 50.2 Å². The van der Waals surface area contributed by atoms with Gasteiger partial charge < -0.3 is 5.32 Å². The average molecular weight is 260 g/mol. The van der Waals surface area contributed by atoms with E-state index < -0.39 is 0 Å². The summed E-state index contributed by atoms with van der Waals surface area (Å²) >= 11 is 0. The minimum atomic E-state index is 0.998. The summed E-state index contributed by atoms with van der Waals surface area (Å²) < 4.78 is 0. The van der Waals surface area contributed by atoms with Gasteiger partial charge in [-0.25, -0.2) is 0 Å². The molecule has 2 rings (SSSR count). The van der Waals surface area contributed by atoms with Crippen LogP contribution < -0.4 is 5.32 Å². The number of nitrogens with one attached hydrogen (secondary N) is 1. The van der Waals surface area contributed by atoms with Crippen LogP contribution in [0.3, 0.4) is 0 Å². The maximum absolute atomic E-state index is 3.45. The van der Waals surface area contributed by atoms with E-state index in [1.807, 2.05) is 0 Å². The highest BCUT2D eigenvalue weighted by Crippen LogP contribution is 2.13. The molecule has 1 saturated heterocycles. The largest absolute Gasteiger partial charge is 0.313 e. The molecule has 1 fully saturated rings. The molecule has 1 N–H and O–H groups in total. The predicted molar refractivity (Wildman–Crippen MR) is 82.2 cm³/mol. The molecule has 0 unspecified atom stereocenters. The smallest absolute Gasteiger partial charge is 0.0233 e. The minimum Gasteiger partial charge on any atom is -0.313 e. The Morgan fingerprint density at radius 2 is 1.58 bits per heavy atom. The van der Waals surface area contributed by atoms with Gasteiger partial charge in [-0.15, -0.1) is 0 Å². The lowest BCUT2D eigenvalue weighted by Crippen LogP contribution is -2.23. The highest BCUT2D eigenvalue weighted by Gasteiger charge is 2.09. The molecule has 19 heavy (non-hydrogen) atoms. The molecule has 0 amide bonds. The van der Waals surface area contributed by atoms with E-state index in [4.69, 9.17) is 0 Å². The van der Waals surface area contributed by atoms with Crippen LogP contribution in [0.5, 0.6) is 0 Å². The van der Waals surface area contributed by atoms with Gasteiger partial charge in [0.25, 0.3) is 0 Å². The van der Waals surface area contributed by atoms with Crippen LogP contribution in [0.2, 0.25) is 0 Å². The van der Waals surface area contributed by atoms with E-state index in [1.165, 1.54) is 56.3 Å². The summed E-state index contributed by atoms with van der Waals surface area (Å²) in [6, 6.07) is 9.15. The van der Waals surface area contributed by atoms with Crippen molar-refractivity contribution >= 4 is 0 Å². The van der Waals surface area contributed by atoms with E-state index in [9.17, 15) is 0 Å². The molecular weight excluding hydrogens is 232 g/mol. The molecule has 0 atom stereocenters. The monoisotopic (exact) mass is 260 g/mol. The van der Waals surface area contributed by atoms with Crippen LogP contribution in [-0.4, -0.2) is 24.5 Å². The summed E-state index contributed by atoms with van der Waals surface area (Å²) in [4.78, 5) is 2.61. The fraction of sp³-hybridized carbons (Fsp3) is 0.647. The molecule has 0 spiro atoms. The number of hydrogen-bond acceptors (Lipinski definition) is 2. The Morgan fingerprint density at radius 3 is 2.21 bits per heavy atom. The minimum absolute atomic E-state index is 0.998. The molecule has 1 aliphatic rings. The van der Waals surface area contributed by atoms with E-state index >= 15 is 0 Å². The summed E-state index contributed by atoms with van der Waals surface area (Å²) in [6.07, 6.45) is 6.78. The third kappa shape index (κ3) is 5.33. The van der Waals surface area contributed by atoms with E-state index in [1.54, 1.807) is 0 Å². The molecule has 0 aliphatic carbocycles. The normalized spacial score (nSPS) is 17.3. The molecular formula is C17H28N2. The molecule has 106 valence electrons. The molecule has 2 nitrogen and oxygen atoms in total. The Labute approximate surface area is 118 Å². The van der Waals surface area contributed by atoms with Gasteiger partial charge in [0.05, 0.1) is 0 Å². The lowest BCUT2D eigenvalue weighted by atomic mass is 10.1. The highest BCUT2D eigenvalue weighted by atomic mass is 15.1.